The number of hydrogen-bond donors (Lipinski definition) is 1. The molecule has 92 valence electrons. The first-order chi connectivity index (χ1) is 8.08. The first kappa shape index (κ1) is 13.8. The van der Waals surface area contributed by atoms with Gasteiger partial charge < -0.3 is 0 Å². The highest BCUT2D eigenvalue weighted by Gasteiger charge is 2.00. The van der Waals surface area contributed by atoms with E-state index in [0.717, 1.165) is 19.3 Å². The monoisotopic (exact) mass is 252 g/mol. The van der Waals surface area contributed by atoms with Gasteiger partial charge in [0.1, 0.15) is 0 Å². The van der Waals surface area contributed by atoms with E-state index in [1.807, 2.05) is 18.2 Å². The summed E-state index contributed by atoms with van der Waals surface area (Å²) < 4.78 is 29.3. The van der Waals surface area contributed by atoms with Crippen molar-refractivity contribution in [1.82, 2.24) is 0 Å². The van der Waals surface area contributed by atoms with Crippen LogP contribution in [-0.2, 0) is 16.5 Å². The molecule has 1 N–H and O–H groups in total. The van der Waals surface area contributed by atoms with Crippen LogP contribution in [0, 0.1) is 11.8 Å². The Labute approximate surface area is 103 Å². The second-order valence-electron chi connectivity index (χ2n) is 3.73. The van der Waals surface area contributed by atoms with Crippen molar-refractivity contribution in [2.45, 2.75) is 25.7 Å². The Morgan fingerprint density at radius 1 is 1.06 bits per heavy atom. The summed E-state index contributed by atoms with van der Waals surface area (Å²) in [6.07, 6.45) is 2.89. The van der Waals surface area contributed by atoms with Gasteiger partial charge in [-0.3, -0.25) is 4.55 Å². The average molecular weight is 252 g/mol. The molecule has 0 aliphatic carbocycles. The molecule has 0 aliphatic heterocycles. The van der Waals surface area contributed by atoms with Crippen LogP contribution in [0.15, 0.2) is 30.3 Å². The minimum atomic E-state index is -3.86. The van der Waals surface area contributed by atoms with Crippen LogP contribution in [0.1, 0.15) is 24.8 Å². The fraction of sp³-hybridized carbons (Fsp3) is 0.385. The molecule has 17 heavy (non-hydrogen) atoms. The number of hydrogen-bond acceptors (Lipinski definition) is 2. The summed E-state index contributed by atoms with van der Waals surface area (Å²) in [5.74, 6) is 5.36. The molecule has 0 heterocycles. The van der Waals surface area contributed by atoms with Crippen molar-refractivity contribution in [3.05, 3.63) is 35.9 Å². The fourth-order valence-corrected chi connectivity index (χ4v) is 1.74. The summed E-state index contributed by atoms with van der Waals surface area (Å²) in [7, 11) is -3.86. The Bertz CT molecular complexity index is 480. The van der Waals surface area contributed by atoms with E-state index in [1.54, 1.807) is 0 Å². The number of aryl methyl sites for hydroxylation is 1. The van der Waals surface area contributed by atoms with E-state index >= 15 is 0 Å². The number of rotatable bonds is 5. The molecule has 1 aromatic carbocycles. The molecule has 0 bridgehead atoms. The second-order valence-corrected chi connectivity index (χ2v) is 5.30. The van der Waals surface area contributed by atoms with Crippen LogP contribution in [0.5, 0.6) is 0 Å². The lowest BCUT2D eigenvalue weighted by molar-refractivity contribution is 0.483. The van der Waals surface area contributed by atoms with Crippen LogP contribution in [0.25, 0.3) is 0 Å². The van der Waals surface area contributed by atoms with E-state index in [-0.39, 0.29) is 12.2 Å². The van der Waals surface area contributed by atoms with Crippen molar-refractivity contribution in [3.8, 4) is 11.8 Å². The summed E-state index contributed by atoms with van der Waals surface area (Å²) >= 11 is 0. The smallest absolute Gasteiger partial charge is 0.265 e. The van der Waals surface area contributed by atoms with Crippen molar-refractivity contribution in [2.75, 3.05) is 5.75 Å². The molecule has 1 aromatic rings. The second kappa shape index (κ2) is 7.10. The molecular weight excluding hydrogens is 236 g/mol. The van der Waals surface area contributed by atoms with E-state index < -0.39 is 10.1 Å². The molecule has 0 unspecified atom stereocenters. The molecule has 1 rings (SSSR count). The van der Waals surface area contributed by atoms with E-state index in [1.165, 1.54) is 5.56 Å². The number of unbranched alkanes of at least 4 members (excludes halogenated alkanes) is 1. The lowest BCUT2D eigenvalue weighted by Gasteiger charge is -1.96. The van der Waals surface area contributed by atoms with Gasteiger partial charge in [-0.2, -0.15) is 8.42 Å². The van der Waals surface area contributed by atoms with E-state index in [2.05, 4.69) is 24.0 Å². The van der Waals surface area contributed by atoms with Gasteiger partial charge in [0.2, 0.25) is 0 Å². The van der Waals surface area contributed by atoms with Gasteiger partial charge in [0.05, 0.1) is 5.75 Å². The predicted octanol–water partition coefficient (Wildman–Crippen LogP) is 2.29. The van der Waals surface area contributed by atoms with Crippen LogP contribution >= 0.6 is 0 Å². The van der Waals surface area contributed by atoms with Gasteiger partial charge in [-0.15, -0.1) is 11.8 Å². The molecule has 0 spiro atoms. The summed E-state index contributed by atoms with van der Waals surface area (Å²) in [5, 5.41) is 0. The maximum absolute atomic E-state index is 10.4. The molecule has 0 radical (unpaired) electrons. The molecule has 0 saturated heterocycles. The van der Waals surface area contributed by atoms with Crippen molar-refractivity contribution >= 4 is 10.1 Å². The van der Waals surface area contributed by atoms with Gasteiger partial charge in [0, 0.05) is 12.8 Å². The Kier molecular flexibility index (Phi) is 5.75. The number of benzene rings is 1. The molecule has 0 saturated carbocycles. The highest BCUT2D eigenvalue weighted by molar-refractivity contribution is 7.85. The van der Waals surface area contributed by atoms with E-state index in [0.29, 0.717) is 0 Å². The van der Waals surface area contributed by atoms with Crippen molar-refractivity contribution in [2.24, 2.45) is 0 Å². The first-order valence-corrected chi connectivity index (χ1v) is 7.14. The maximum atomic E-state index is 10.4. The normalized spacial score (nSPS) is 10.6. The van der Waals surface area contributed by atoms with E-state index in [9.17, 15) is 8.42 Å². The highest BCUT2D eigenvalue weighted by atomic mass is 32.2. The van der Waals surface area contributed by atoms with Gasteiger partial charge in [-0.05, 0) is 18.4 Å². The van der Waals surface area contributed by atoms with Crippen molar-refractivity contribution < 1.29 is 13.0 Å². The quantitative estimate of drug-likeness (QED) is 0.497. The summed E-state index contributed by atoms with van der Waals surface area (Å²) in [6.45, 7) is 0. The van der Waals surface area contributed by atoms with Gasteiger partial charge in [-0.1, -0.05) is 30.3 Å². The molecule has 0 aromatic heterocycles. The molecule has 0 aliphatic rings. The molecular formula is C13H16O3S. The molecule has 0 fully saturated rings. The van der Waals surface area contributed by atoms with Gasteiger partial charge in [-0.25, -0.2) is 0 Å². The Hall–Kier alpha value is -1.31. The van der Waals surface area contributed by atoms with Crippen molar-refractivity contribution in [3.63, 3.8) is 0 Å². The lowest BCUT2D eigenvalue weighted by atomic mass is 10.1. The topological polar surface area (TPSA) is 54.4 Å². The molecule has 3 nitrogen and oxygen atoms in total. The van der Waals surface area contributed by atoms with Crippen LogP contribution in [0.4, 0.5) is 0 Å². The highest BCUT2D eigenvalue weighted by Crippen LogP contribution is 2.03. The minimum absolute atomic E-state index is 0.199. The van der Waals surface area contributed by atoms with E-state index in [4.69, 9.17) is 4.55 Å². The van der Waals surface area contributed by atoms with Crippen molar-refractivity contribution in [1.29, 1.82) is 0 Å². The third-order valence-corrected chi connectivity index (χ3v) is 2.94. The Morgan fingerprint density at radius 3 is 2.35 bits per heavy atom. The predicted molar refractivity (Wildman–Crippen MR) is 68.2 cm³/mol. The Balaban J connectivity index is 2.15. The maximum Gasteiger partial charge on any atom is 0.265 e. The zero-order chi connectivity index (χ0) is 12.6. The van der Waals surface area contributed by atoms with Gasteiger partial charge >= 0.3 is 0 Å². The zero-order valence-corrected chi connectivity index (χ0v) is 10.4. The van der Waals surface area contributed by atoms with Crippen LogP contribution in [0.3, 0.4) is 0 Å². The summed E-state index contributed by atoms with van der Waals surface area (Å²) in [5.41, 5.74) is 1.28. The third-order valence-electron chi connectivity index (χ3n) is 2.22. The minimum Gasteiger partial charge on any atom is -0.286 e. The van der Waals surface area contributed by atoms with Crippen LogP contribution < -0.4 is 0 Å². The Morgan fingerprint density at radius 2 is 1.71 bits per heavy atom. The standard InChI is InChI=1S/C13H16O3S/c14-17(15,16)12-8-3-1-2-5-9-13-10-6-4-7-11-13/h4,6-7,10-11H,2,5,8-9,12H2,(H,14,15,16). The molecule has 4 heteroatoms. The molecule has 0 amide bonds. The zero-order valence-electron chi connectivity index (χ0n) is 9.59. The third kappa shape index (κ3) is 7.56. The molecule has 0 atom stereocenters. The summed E-state index contributed by atoms with van der Waals surface area (Å²) in [6, 6.07) is 10.1. The van der Waals surface area contributed by atoms with Gasteiger partial charge in [0.25, 0.3) is 10.1 Å². The van der Waals surface area contributed by atoms with Crippen LogP contribution in [-0.4, -0.2) is 18.7 Å². The first-order valence-electron chi connectivity index (χ1n) is 5.53. The van der Waals surface area contributed by atoms with Crippen LogP contribution in [0.2, 0.25) is 0 Å². The lowest BCUT2D eigenvalue weighted by Crippen LogP contribution is -2.02. The summed E-state index contributed by atoms with van der Waals surface area (Å²) in [4.78, 5) is 0. The van der Waals surface area contributed by atoms with Gasteiger partial charge in [0.15, 0.2) is 0 Å². The largest absolute Gasteiger partial charge is 0.286 e. The fourth-order valence-electron chi connectivity index (χ4n) is 1.38. The average Bonchev–Trinajstić information content (AvgIpc) is 2.28. The SMILES string of the molecule is O=S(=O)(O)CCC#CCCCc1ccccc1.